The molecular formula is C26H21F7N2O6S. The second-order valence-corrected chi connectivity index (χ2v) is 11.2. The van der Waals surface area contributed by atoms with Crippen molar-refractivity contribution < 1.29 is 59.0 Å². The molecule has 1 aromatic heterocycles. The van der Waals surface area contributed by atoms with Gasteiger partial charge in [0.25, 0.3) is 0 Å². The quantitative estimate of drug-likeness (QED) is 0.395. The van der Waals surface area contributed by atoms with Crippen LogP contribution in [0.1, 0.15) is 17.0 Å². The summed E-state index contributed by atoms with van der Waals surface area (Å²) in [5.74, 6) is -5.84. The Hall–Kier alpha value is -4.05. The van der Waals surface area contributed by atoms with Crippen LogP contribution in [-0.2, 0) is 26.0 Å². The molecule has 16 heteroatoms. The van der Waals surface area contributed by atoms with Crippen molar-refractivity contribution in [3.05, 3.63) is 83.9 Å². The topological polar surface area (TPSA) is 125 Å². The van der Waals surface area contributed by atoms with Crippen LogP contribution in [0.5, 0.6) is 0 Å². The van der Waals surface area contributed by atoms with E-state index in [0.717, 1.165) is 16.7 Å². The number of rotatable bonds is 3. The van der Waals surface area contributed by atoms with E-state index in [2.05, 4.69) is 4.98 Å². The molecule has 2 N–H and O–H groups in total. The lowest BCUT2D eigenvalue weighted by atomic mass is 9.95. The number of aliphatic carboxylic acids is 2. The van der Waals surface area contributed by atoms with Gasteiger partial charge in [-0.25, -0.2) is 22.4 Å². The van der Waals surface area contributed by atoms with Gasteiger partial charge in [0.05, 0.1) is 10.1 Å². The van der Waals surface area contributed by atoms with E-state index in [0.29, 0.717) is 30.1 Å². The van der Waals surface area contributed by atoms with E-state index in [1.807, 2.05) is 35.2 Å². The lowest BCUT2D eigenvalue weighted by molar-refractivity contribution is -0.193. The SMILES string of the molecule is O=C(O)C(F)(F)F.O=C(O)C(F)(F)F.O=S1(=O)c2ccc(-c3cccnc3)cc2C2CN(Cc3ccccc3F)CC21. The van der Waals surface area contributed by atoms with Crippen molar-refractivity contribution in [3.63, 3.8) is 0 Å². The summed E-state index contributed by atoms with van der Waals surface area (Å²) >= 11 is 0. The fourth-order valence-corrected chi connectivity index (χ4v) is 6.63. The second-order valence-electron chi connectivity index (χ2n) is 9.08. The van der Waals surface area contributed by atoms with E-state index in [1.165, 1.54) is 6.07 Å². The molecule has 1 saturated heterocycles. The van der Waals surface area contributed by atoms with Crippen LogP contribution >= 0.6 is 0 Å². The second kappa shape index (κ2) is 12.4. The van der Waals surface area contributed by atoms with Crippen molar-refractivity contribution in [1.82, 2.24) is 9.88 Å². The third kappa shape index (κ3) is 7.61. The fourth-order valence-electron chi connectivity index (χ4n) is 4.44. The predicted molar refractivity (Wildman–Crippen MR) is 132 cm³/mol. The highest BCUT2D eigenvalue weighted by Gasteiger charge is 2.50. The van der Waals surface area contributed by atoms with Crippen LogP contribution in [0.2, 0.25) is 0 Å². The largest absolute Gasteiger partial charge is 0.490 e. The number of fused-ring (bicyclic) bond motifs is 3. The lowest BCUT2D eigenvalue weighted by Crippen LogP contribution is -2.26. The number of nitrogens with zero attached hydrogens (tertiary/aromatic N) is 2. The molecule has 0 aliphatic carbocycles. The first-order chi connectivity index (χ1) is 19.4. The molecule has 8 nitrogen and oxygen atoms in total. The van der Waals surface area contributed by atoms with Crippen molar-refractivity contribution in [3.8, 4) is 11.1 Å². The molecule has 3 aromatic rings. The lowest BCUT2D eigenvalue weighted by Gasteiger charge is -2.18. The zero-order valence-electron chi connectivity index (χ0n) is 21.1. The van der Waals surface area contributed by atoms with Gasteiger partial charge in [0.15, 0.2) is 9.84 Å². The molecule has 2 unspecified atom stereocenters. The Morgan fingerprint density at radius 1 is 0.881 bits per heavy atom. The molecule has 0 amide bonds. The first-order valence-electron chi connectivity index (χ1n) is 11.8. The van der Waals surface area contributed by atoms with Gasteiger partial charge in [0.1, 0.15) is 5.82 Å². The van der Waals surface area contributed by atoms with E-state index in [-0.39, 0.29) is 11.7 Å². The Kier molecular flexibility index (Phi) is 9.62. The number of hydrogen-bond donors (Lipinski definition) is 2. The van der Waals surface area contributed by atoms with Crippen LogP contribution in [0.25, 0.3) is 11.1 Å². The van der Waals surface area contributed by atoms with Crippen LogP contribution in [0.3, 0.4) is 0 Å². The zero-order valence-corrected chi connectivity index (χ0v) is 21.9. The Morgan fingerprint density at radius 3 is 2.00 bits per heavy atom. The molecule has 3 heterocycles. The van der Waals surface area contributed by atoms with Crippen molar-refractivity contribution in [2.75, 3.05) is 13.1 Å². The minimum atomic E-state index is -5.08. The molecule has 2 aromatic carbocycles. The Morgan fingerprint density at radius 2 is 1.48 bits per heavy atom. The van der Waals surface area contributed by atoms with Gasteiger partial charge in [-0.1, -0.05) is 30.3 Å². The molecule has 0 bridgehead atoms. The first-order valence-corrected chi connectivity index (χ1v) is 13.3. The minimum absolute atomic E-state index is 0.0802. The van der Waals surface area contributed by atoms with Crippen LogP contribution in [-0.4, -0.2) is 71.1 Å². The number of pyridine rings is 1. The van der Waals surface area contributed by atoms with Gasteiger partial charge < -0.3 is 10.2 Å². The summed E-state index contributed by atoms with van der Waals surface area (Å²) in [4.78, 5) is 24.4. The van der Waals surface area contributed by atoms with Gasteiger partial charge in [-0.05, 0) is 41.0 Å². The molecule has 1 fully saturated rings. The van der Waals surface area contributed by atoms with Gasteiger partial charge in [0, 0.05) is 43.5 Å². The smallest absolute Gasteiger partial charge is 0.475 e. The van der Waals surface area contributed by atoms with E-state index < -0.39 is 39.4 Å². The Bertz CT molecular complexity index is 1520. The summed E-state index contributed by atoms with van der Waals surface area (Å²) < 4.78 is 104. The summed E-state index contributed by atoms with van der Waals surface area (Å²) in [6.07, 6.45) is -6.67. The van der Waals surface area contributed by atoms with Gasteiger partial charge >= 0.3 is 24.3 Å². The van der Waals surface area contributed by atoms with E-state index in [4.69, 9.17) is 19.8 Å². The van der Waals surface area contributed by atoms with E-state index in [9.17, 15) is 39.2 Å². The monoisotopic (exact) mass is 622 g/mol. The average molecular weight is 623 g/mol. The van der Waals surface area contributed by atoms with Crippen molar-refractivity contribution >= 4 is 21.8 Å². The minimum Gasteiger partial charge on any atom is -0.475 e. The molecule has 226 valence electrons. The molecule has 2 aliphatic heterocycles. The first kappa shape index (κ1) is 32.5. The average Bonchev–Trinajstić information content (AvgIpc) is 3.42. The van der Waals surface area contributed by atoms with Crippen molar-refractivity contribution in [2.24, 2.45) is 0 Å². The van der Waals surface area contributed by atoms with Gasteiger partial charge in [0.2, 0.25) is 0 Å². The molecule has 0 saturated carbocycles. The molecular weight excluding hydrogens is 601 g/mol. The van der Waals surface area contributed by atoms with E-state index >= 15 is 0 Å². The molecule has 0 radical (unpaired) electrons. The maximum atomic E-state index is 14.0. The predicted octanol–water partition coefficient (Wildman–Crippen LogP) is 4.91. The number of carboxylic acid groups (broad SMARTS) is 2. The summed E-state index contributed by atoms with van der Waals surface area (Å²) in [5.41, 5.74) is 3.41. The summed E-state index contributed by atoms with van der Waals surface area (Å²) in [6.45, 7) is 1.47. The van der Waals surface area contributed by atoms with Gasteiger partial charge in [-0.15, -0.1) is 0 Å². The van der Waals surface area contributed by atoms with Crippen LogP contribution in [0.15, 0.2) is 71.9 Å². The zero-order chi connectivity index (χ0) is 31.5. The Labute approximate surface area is 234 Å². The summed E-state index contributed by atoms with van der Waals surface area (Å²) in [5, 5.41) is 13.8. The molecule has 2 aliphatic rings. The highest BCUT2D eigenvalue weighted by atomic mass is 32.2. The van der Waals surface area contributed by atoms with Crippen molar-refractivity contribution in [1.29, 1.82) is 0 Å². The molecule has 42 heavy (non-hydrogen) atoms. The fraction of sp³-hybridized carbons (Fsp3) is 0.269. The maximum absolute atomic E-state index is 14.0. The number of alkyl halides is 6. The third-order valence-electron chi connectivity index (χ3n) is 6.29. The highest BCUT2D eigenvalue weighted by molar-refractivity contribution is 7.92. The molecule has 5 rings (SSSR count). The number of halogens is 7. The Balaban J connectivity index is 0.000000289. The normalized spacial score (nSPS) is 18.9. The third-order valence-corrected chi connectivity index (χ3v) is 8.55. The van der Waals surface area contributed by atoms with Crippen LogP contribution in [0.4, 0.5) is 30.7 Å². The maximum Gasteiger partial charge on any atom is 0.490 e. The number of carbonyl (C=O) groups is 2. The number of likely N-dealkylation sites (tertiary alicyclic amines) is 1. The number of aromatic nitrogens is 1. The standard InChI is InChI=1S/C22H19FN2O2S.2C2HF3O2/c23-20-6-2-1-4-17(20)12-25-13-19-18-10-15(16-5-3-9-24-11-16)7-8-21(18)28(26,27)22(19)14-25;2*3-2(4,5)1(6)7/h1-11,19,22H,12-14H2;2*(H,6,7). The number of hydrogen-bond acceptors (Lipinski definition) is 6. The van der Waals surface area contributed by atoms with Gasteiger partial charge in [-0.3, -0.25) is 9.88 Å². The summed E-state index contributed by atoms with van der Waals surface area (Å²) in [6, 6.07) is 16.1. The number of sulfone groups is 1. The van der Waals surface area contributed by atoms with E-state index in [1.54, 1.807) is 30.6 Å². The number of benzene rings is 2. The summed E-state index contributed by atoms with van der Waals surface area (Å²) in [7, 11) is -3.37. The van der Waals surface area contributed by atoms with Gasteiger partial charge in [-0.2, -0.15) is 26.3 Å². The highest BCUT2D eigenvalue weighted by Crippen LogP contribution is 2.46. The van der Waals surface area contributed by atoms with Crippen molar-refractivity contribution in [2.45, 2.75) is 35.0 Å². The molecule has 0 spiro atoms. The van der Waals surface area contributed by atoms with Crippen LogP contribution in [0, 0.1) is 5.82 Å². The number of carboxylic acids is 2. The van der Waals surface area contributed by atoms with Crippen LogP contribution < -0.4 is 0 Å². The molecule has 2 atom stereocenters.